The lowest BCUT2D eigenvalue weighted by molar-refractivity contribution is 0.214. The third kappa shape index (κ3) is 3.84. The largest absolute Gasteiger partial charge is 0.396 e. The van der Waals surface area contributed by atoms with Gasteiger partial charge in [-0.1, -0.05) is 28.1 Å². The number of rotatable bonds is 6. The zero-order chi connectivity index (χ0) is 16.2. The Morgan fingerprint density at radius 2 is 2.35 bits per heavy atom. The summed E-state index contributed by atoms with van der Waals surface area (Å²) < 4.78 is 3.36. The van der Waals surface area contributed by atoms with Gasteiger partial charge in [0.1, 0.15) is 5.82 Å². The zero-order valence-electron chi connectivity index (χ0n) is 13.5. The molecule has 2 atom stereocenters. The summed E-state index contributed by atoms with van der Waals surface area (Å²) in [5.74, 6) is 1.35. The molecule has 1 aromatic carbocycles. The van der Waals surface area contributed by atoms with Gasteiger partial charge in [-0.3, -0.25) is 0 Å². The van der Waals surface area contributed by atoms with Crippen LogP contribution in [0, 0.1) is 12.8 Å². The molecule has 1 aromatic heterocycles. The van der Waals surface area contributed by atoms with Gasteiger partial charge in [0.15, 0.2) is 0 Å². The maximum absolute atomic E-state index is 9.76. The summed E-state index contributed by atoms with van der Waals surface area (Å²) in [5.41, 5.74) is 2.56. The van der Waals surface area contributed by atoms with Crippen molar-refractivity contribution in [1.82, 2.24) is 14.9 Å². The van der Waals surface area contributed by atoms with E-state index in [0.717, 1.165) is 36.2 Å². The number of benzene rings is 1. The smallest absolute Gasteiger partial charge is 0.125 e. The molecule has 0 saturated carbocycles. The molecule has 0 fully saturated rings. The molecule has 2 aromatic rings. The number of nitrogens with one attached hydrogen (secondary N) is 1. The SMILES string of the molecule is Cc1c(Br)cccc1CC(CO)CNC1CCCn2ccnc21. The fraction of sp³-hybridized carbons (Fsp3) is 0.500. The first-order valence-electron chi connectivity index (χ1n) is 8.28. The van der Waals surface area contributed by atoms with Gasteiger partial charge in [0.25, 0.3) is 0 Å². The Balaban J connectivity index is 1.62. The summed E-state index contributed by atoms with van der Waals surface area (Å²) in [5, 5.41) is 13.4. The number of hydrogen-bond donors (Lipinski definition) is 2. The molecular formula is C18H24BrN3O. The molecule has 1 aliphatic heterocycles. The van der Waals surface area contributed by atoms with Crippen LogP contribution in [0.2, 0.25) is 0 Å². The molecule has 2 unspecified atom stereocenters. The molecule has 2 heterocycles. The molecule has 0 amide bonds. The second kappa shape index (κ2) is 7.60. The predicted octanol–water partition coefficient (Wildman–Crippen LogP) is 3.23. The van der Waals surface area contributed by atoms with E-state index in [1.54, 1.807) is 0 Å². The lowest BCUT2D eigenvalue weighted by Gasteiger charge is -2.26. The van der Waals surface area contributed by atoms with E-state index in [4.69, 9.17) is 0 Å². The maximum Gasteiger partial charge on any atom is 0.125 e. The molecule has 5 heteroatoms. The minimum atomic E-state index is 0.195. The van der Waals surface area contributed by atoms with Gasteiger partial charge in [-0.05, 0) is 49.3 Å². The number of aryl methyl sites for hydroxylation is 1. The summed E-state index contributed by atoms with van der Waals surface area (Å²) >= 11 is 3.58. The van der Waals surface area contributed by atoms with E-state index < -0.39 is 0 Å². The monoisotopic (exact) mass is 377 g/mol. The highest BCUT2D eigenvalue weighted by Crippen LogP contribution is 2.25. The van der Waals surface area contributed by atoms with E-state index in [1.165, 1.54) is 17.5 Å². The van der Waals surface area contributed by atoms with E-state index in [9.17, 15) is 5.11 Å². The van der Waals surface area contributed by atoms with Crippen LogP contribution in [0.4, 0.5) is 0 Å². The van der Waals surface area contributed by atoms with E-state index in [0.29, 0.717) is 6.04 Å². The molecule has 0 radical (unpaired) electrons. The summed E-state index contributed by atoms with van der Waals surface area (Å²) in [7, 11) is 0. The van der Waals surface area contributed by atoms with Gasteiger partial charge in [-0.2, -0.15) is 0 Å². The normalized spacial score (nSPS) is 18.7. The van der Waals surface area contributed by atoms with Crippen LogP contribution >= 0.6 is 15.9 Å². The zero-order valence-corrected chi connectivity index (χ0v) is 15.1. The second-order valence-corrected chi connectivity index (χ2v) is 7.21. The van der Waals surface area contributed by atoms with Crippen molar-refractivity contribution in [2.24, 2.45) is 5.92 Å². The van der Waals surface area contributed by atoms with Gasteiger partial charge in [-0.25, -0.2) is 4.98 Å². The number of aliphatic hydroxyl groups is 1. The van der Waals surface area contributed by atoms with Crippen molar-refractivity contribution >= 4 is 15.9 Å². The quantitative estimate of drug-likeness (QED) is 0.812. The summed E-state index contributed by atoms with van der Waals surface area (Å²) in [6.45, 7) is 4.19. The Kier molecular flexibility index (Phi) is 5.51. The molecule has 23 heavy (non-hydrogen) atoms. The minimum absolute atomic E-state index is 0.195. The van der Waals surface area contributed by atoms with Crippen LogP contribution in [0.3, 0.4) is 0 Å². The number of nitrogens with zero attached hydrogens (tertiary/aromatic N) is 2. The topological polar surface area (TPSA) is 50.1 Å². The fourth-order valence-corrected chi connectivity index (χ4v) is 3.71. The first kappa shape index (κ1) is 16.7. The van der Waals surface area contributed by atoms with Gasteiger partial charge in [0.05, 0.1) is 6.04 Å². The lowest BCUT2D eigenvalue weighted by atomic mass is 9.96. The van der Waals surface area contributed by atoms with Crippen molar-refractivity contribution in [3.8, 4) is 0 Å². The Morgan fingerprint density at radius 1 is 1.48 bits per heavy atom. The van der Waals surface area contributed by atoms with E-state index >= 15 is 0 Å². The van der Waals surface area contributed by atoms with E-state index in [-0.39, 0.29) is 12.5 Å². The highest BCUT2D eigenvalue weighted by Gasteiger charge is 2.22. The van der Waals surface area contributed by atoms with Crippen LogP contribution in [0.25, 0.3) is 0 Å². The van der Waals surface area contributed by atoms with Gasteiger partial charge in [-0.15, -0.1) is 0 Å². The molecule has 0 bridgehead atoms. The van der Waals surface area contributed by atoms with Crippen LogP contribution < -0.4 is 5.32 Å². The highest BCUT2D eigenvalue weighted by molar-refractivity contribution is 9.10. The third-order valence-corrected chi connectivity index (χ3v) is 5.61. The lowest BCUT2D eigenvalue weighted by Crippen LogP contribution is -2.33. The Labute approximate surface area is 146 Å². The van der Waals surface area contributed by atoms with Gasteiger partial charge in [0.2, 0.25) is 0 Å². The van der Waals surface area contributed by atoms with Crippen LogP contribution in [0.5, 0.6) is 0 Å². The Morgan fingerprint density at radius 3 is 3.17 bits per heavy atom. The number of halogens is 1. The highest BCUT2D eigenvalue weighted by atomic mass is 79.9. The number of fused-ring (bicyclic) bond motifs is 1. The molecular weight excluding hydrogens is 354 g/mol. The Hall–Kier alpha value is -1.17. The van der Waals surface area contributed by atoms with Crippen LogP contribution in [0.1, 0.15) is 35.8 Å². The van der Waals surface area contributed by atoms with Crippen molar-refractivity contribution in [2.45, 2.75) is 38.8 Å². The standard InChI is InChI=1S/C18H24BrN3O/c1-13-15(4-2-5-16(13)19)10-14(12-23)11-21-17-6-3-8-22-9-7-20-18(17)22/h2,4-5,7,9,14,17,21,23H,3,6,8,10-12H2,1H3. The average molecular weight is 378 g/mol. The number of imidazole rings is 1. The van der Waals surface area contributed by atoms with E-state index in [1.807, 2.05) is 6.20 Å². The van der Waals surface area contributed by atoms with Crippen LogP contribution in [0.15, 0.2) is 35.1 Å². The summed E-state index contributed by atoms with van der Waals surface area (Å²) in [6, 6.07) is 6.58. The van der Waals surface area contributed by atoms with Crippen molar-refractivity contribution < 1.29 is 5.11 Å². The van der Waals surface area contributed by atoms with Crippen LogP contribution in [-0.4, -0.2) is 27.8 Å². The average Bonchev–Trinajstić information content (AvgIpc) is 3.04. The first-order chi connectivity index (χ1) is 11.2. The number of hydrogen-bond acceptors (Lipinski definition) is 3. The Bertz CT molecular complexity index is 655. The predicted molar refractivity (Wildman–Crippen MR) is 95.4 cm³/mol. The number of aliphatic hydroxyl groups excluding tert-OH is 1. The molecule has 2 N–H and O–H groups in total. The van der Waals surface area contributed by atoms with Crippen LogP contribution in [-0.2, 0) is 13.0 Å². The molecule has 124 valence electrons. The molecule has 0 spiro atoms. The van der Waals surface area contributed by atoms with E-state index in [2.05, 4.69) is 62.1 Å². The number of aromatic nitrogens is 2. The van der Waals surface area contributed by atoms with Crippen molar-refractivity contribution in [3.63, 3.8) is 0 Å². The van der Waals surface area contributed by atoms with Gasteiger partial charge in [0, 0.05) is 36.6 Å². The molecule has 1 aliphatic rings. The van der Waals surface area contributed by atoms with Gasteiger partial charge < -0.3 is 15.0 Å². The summed E-state index contributed by atoms with van der Waals surface area (Å²) in [4.78, 5) is 4.48. The third-order valence-electron chi connectivity index (χ3n) is 4.75. The van der Waals surface area contributed by atoms with Gasteiger partial charge >= 0.3 is 0 Å². The van der Waals surface area contributed by atoms with Crippen molar-refractivity contribution in [2.75, 3.05) is 13.2 Å². The van der Waals surface area contributed by atoms with Crippen molar-refractivity contribution in [1.29, 1.82) is 0 Å². The van der Waals surface area contributed by atoms with Crippen molar-refractivity contribution in [3.05, 3.63) is 52.0 Å². The minimum Gasteiger partial charge on any atom is -0.396 e. The summed E-state index contributed by atoms with van der Waals surface area (Å²) in [6.07, 6.45) is 7.11. The second-order valence-electron chi connectivity index (χ2n) is 6.36. The molecule has 0 aliphatic carbocycles. The molecule has 4 nitrogen and oxygen atoms in total. The molecule has 0 saturated heterocycles. The fourth-order valence-electron chi connectivity index (χ4n) is 3.30. The molecule has 3 rings (SSSR count). The maximum atomic E-state index is 9.76. The first-order valence-corrected chi connectivity index (χ1v) is 9.07.